The maximum absolute atomic E-state index is 10.6. The summed E-state index contributed by atoms with van der Waals surface area (Å²) < 4.78 is 0. The first-order chi connectivity index (χ1) is 28.2. The van der Waals surface area contributed by atoms with Crippen molar-refractivity contribution < 1.29 is 35.7 Å². The van der Waals surface area contributed by atoms with Crippen molar-refractivity contribution in [2.24, 2.45) is 0 Å². The Balaban J connectivity index is 0.000000203. The topological polar surface area (TPSA) is 142 Å². The van der Waals surface area contributed by atoms with Crippen LogP contribution in [-0.4, -0.2) is 35.7 Å². The van der Waals surface area contributed by atoms with Gasteiger partial charge >= 0.3 is 0 Å². The average Bonchev–Trinajstić information content (AvgIpc) is 3.21. The number of rotatable bonds is 9. The molecule has 0 aliphatic heterocycles. The van der Waals surface area contributed by atoms with Gasteiger partial charge in [0.15, 0.2) is 0 Å². The number of phenols is 7. The largest absolute Gasteiger partial charge is 0.508 e. The van der Waals surface area contributed by atoms with Gasteiger partial charge in [-0.2, -0.15) is 0 Å². The molecule has 0 atom stereocenters. The van der Waals surface area contributed by atoms with E-state index in [1.807, 2.05) is 94.4 Å². The Labute approximate surface area is 352 Å². The molecule has 0 unspecified atom stereocenters. The molecule has 0 amide bonds. The van der Waals surface area contributed by atoms with Crippen molar-refractivity contribution in [2.75, 3.05) is 0 Å². The Morgan fingerprint density at radius 2 is 0.450 bits per heavy atom. The standard InChI is InChI=1S/C29H28O3.C24H26O4/c1-28(2,21-8-14-25(30)15-9-21)20-4-6-22(7-5-20)29(3,23-10-16-26(31)17-11-23)24-12-18-27(32)19-13-24;1-23(2,15-5-9-17(25)10-6-15)19-13-20(22(28)14-21(19)27)24(3,4)16-7-11-18(26)12-8-16/h4-19,30-32H,1-3H3;5-14,25-28H,1-4H3. The molecule has 7 aromatic rings. The van der Waals surface area contributed by atoms with Gasteiger partial charge in [-0.1, -0.05) is 126 Å². The van der Waals surface area contributed by atoms with E-state index < -0.39 is 16.2 Å². The van der Waals surface area contributed by atoms with Crippen molar-refractivity contribution in [3.05, 3.63) is 208 Å². The van der Waals surface area contributed by atoms with Gasteiger partial charge in [-0.15, -0.1) is 0 Å². The van der Waals surface area contributed by atoms with E-state index in [1.54, 1.807) is 60.7 Å². The first-order valence-electron chi connectivity index (χ1n) is 19.9. The van der Waals surface area contributed by atoms with E-state index in [4.69, 9.17) is 0 Å². The lowest BCUT2D eigenvalue weighted by Gasteiger charge is -2.33. The van der Waals surface area contributed by atoms with Crippen molar-refractivity contribution in [3.8, 4) is 40.2 Å². The van der Waals surface area contributed by atoms with E-state index in [1.165, 1.54) is 11.6 Å². The second kappa shape index (κ2) is 16.4. The van der Waals surface area contributed by atoms with Crippen molar-refractivity contribution in [3.63, 3.8) is 0 Å². The van der Waals surface area contributed by atoms with E-state index in [0.29, 0.717) is 11.1 Å². The maximum atomic E-state index is 10.6. The highest BCUT2D eigenvalue weighted by Crippen LogP contribution is 2.46. The van der Waals surface area contributed by atoms with E-state index >= 15 is 0 Å². The summed E-state index contributed by atoms with van der Waals surface area (Å²) in [5, 5.41) is 69.6. The van der Waals surface area contributed by atoms with Crippen molar-refractivity contribution >= 4 is 0 Å². The van der Waals surface area contributed by atoms with Gasteiger partial charge in [0.1, 0.15) is 40.2 Å². The zero-order chi connectivity index (χ0) is 43.6. The van der Waals surface area contributed by atoms with Crippen LogP contribution in [-0.2, 0) is 21.7 Å². The molecular weight excluding hydrogens is 749 g/mol. The lowest BCUT2D eigenvalue weighted by molar-refractivity contribution is 0.424. The smallest absolute Gasteiger partial charge is 0.123 e. The van der Waals surface area contributed by atoms with Crippen LogP contribution in [0, 0.1) is 0 Å². The highest BCUT2D eigenvalue weighted by atomic mass is 16.3. The maximum Gasteiger partial charge on any atom is 0.123 e. The number of phenolic OH excluding ortho intramolecular Hbond substituents is 7. The average molecular weight is 803 g/mol. The van der Waals surface area contributed by atoms with E-state index in [-0.39, 0.29) is 45.7 Å². The molecule has 7 nitrogen and oxygen atoms in total. The molecule has 7 N–H and O–H groups in total. The zero-order valence-electron chi connectivity index (χ0n) is 35.1. The molecule has 0 saturated carbocycles. The van der Waals surface area contributed by atoms with Crippen LogP contribution in [0.5, 0.6) is 40.2 Å². The third-order valence-electron chi connectivity index (χ3n) is 12.3. The van der Waals surface area contributed by atoms with Gasteiger partial charge in [-0.25, -0.2) is 0 Å². The fraction of sp³-hybridized carbons (Fsp3) is 0.208. The lowest BCUT2D eigenvalue weighted by Crippen LogP contribution is -2.26. The fourth-order valence-corrected chi connectivity index (χ4v) is 8.00. The Morgan fingerprint density at radius 1 is 0.250 bits per heavy atom. The minimum Gasteiger partial charge on any atom is -0.508 e. The molecule has 7 aromatic carbocycles. The van der Waals surface area contributed by atoms with Crippen LogP contribution in [0.1, 0.15) is 98.5 Å². The molecule has 0 heterocycles. The molecule has 7 heteroatoms. The predicted molar refractivity (Wildman–Crippen MR) is 239 cm³/mol. The second-order valence-corrected chi connectivity index (χ2v) is 17.2. The first-order valence-corrected chi connectivity index (χ1v) is 19.9. The van der Waals surface area contributed by atoms with Gasteiger partial charge in [-0.3, -0.25) is 0 Å². The van der Waals surface area contributed by atoms with Gasteiger partial charge in [0.05, 0.1) is 0 Å². The summed E-state index contributed by atoms with van der Waals surface area (Å²) in [6.45, 7) is 14.5. The summed E-state index contributed by atoms with van der Waals surface area (Å²) in [5.74, 6) is 1.12. The molecule has 0 aliphatic rings. The predicted octanol–water partition coefficient (Wildman–Crippen LogP) is 11.6. The van der Waals surface area contributed by atoms with E-state index in [0.717, 1.165) is 33.4 Å². The molecule has 0 spiro atoms. The van der Waals surface area contributed by atoms with Gasteiger partial charge in [0.2, 0.25) is 0 Å². The Hall–Kier alpha value is -6.86. The molecule has 60 heavy (non-hydrogen) atoms. The SMILES string of the molecule is CC(C)(c1ccc(O)cc1)c1cc(C(C)(C)c2ccc(O)cc2)c(O)cc1O.CC(C)(c1ccc(O)cc1)c1ccc(C(C)(c2ccc(O)cc2)c2ccc(O)cc2)cc1. The monoisotopic (exact) mass is 802 g/mol. The Kier molecular flexibility index (Phi) is 11.7. The summed E-state index contributed by atoms with van der Waals surface area (Å²) in [6.07, 6.45) is 0. The minimum absolute atomic E-state index is 0.0147. The molecule has 0 radical (unpaired) electrons. The van der Waals surface area contributed by atoms with Gasteiger partial charge in [0.25, 0.3) is 0 Å². The first kappa shape index (κ1) is 42.7. The minimum atomic E-state index is -0.550. The third kappa shape index (κ3) is 8.48. The van der Waals surface area contributed by atoms with Crippen molar-refractivity contribution in [2.45, 2.75) is 70.1 Å². The Morgan fingerprint density at radius 3 is 0.717 bits per heavy atom. The lowest BCUT2D eigenvalue weighted by atomic mass is 9.70. The summed E-state index contributed by atoms with van der Waals surface area (Å²) >= 11 is 0. The van der Waals surface area contributed by atoms with Gasteiger partial charge in [-0.05, 0) is 113 Å². The molecule has 0 bridgehead atoms. The molecule has 0 saturated heterocycles. The number of aromatic hydroxyl groups is 7. The molecule has 0 aliphatic carbocycles. The summed E-state index contributed by atoms with van der Waals surface area (Å²) in [5.41, 5.74) is 6.93. The molecule has 0 fully saturated rings. The van der Waals surface area contributed by atoms with Crippen LogP contribution < -0.4 is 0 Å². The fourth-order valence-electron chi connectivity index (χ4n) is 8.00. The number of benzene rings is 7. The molecule has 308 valence electrons. The number of hydrogen-bond donors (Lipinski definition) is 7. The quantitative estimate of drug-likeness (QED) is 0.0721. The molecular formula is C53H54O7. The normalized spacial score (nSPS) is 12.1. The summed E-state index contributed by atoms with van der Waals surface area (Å²) in [4.78, 5) is 0. The van der Waals surface area contributed by atoms with Crippen LogP contribution in [0.25, 0.3) is 0 Å². The van der Waals surface area contributed by atoms with Crippen LogP contribution in [0.15, 0.2) is 158 Å². The second-order valence-electron chi connectivity index (χ2n) is 17.2. The van der Waals surface area contributed by atoms with Gasteiger partial charge in [0, 0.05) is 38.9 Å². The summed E-state index contributed by atoms with van der Waals surface area (Å²) in [7, 11) is 0. The van der Waals surface area contributed by atoms with E-state index in [2.05, 4.69) is 45.0 Å². The molecule has 0 aromatic heterocycles. The Bertz CT molecular complexity index is 2410. The van der Waals surface area contributed by atoms with Crippen molar-refractivity contribution in [1.82, 2.24) is 0 Å². The highest BCUT2D eigenvalue weighted by molar-refractivity contribution is 5.57. The van der Waals surface area contributed by atoms with Crippen LogP contribution in [0.2, 0.25) is 0 Å². The zero-order valence-corrected chi connectivity index (χ0v) is 35.1. The summed E-state index contributed by atoms with van der Waals surface area (Å²) in [6, 6.07) is 47.6. The number of hydrogen-bond acceptors (Lipinski definition) is 7. The van der Waals surface area contributed by atoms with Crippen molar-refractivity contribution in [1.29, 1.82) is 0 Å². The third-order valence-corrected chi connectivity index (χ3v) is 12.3. The highest BCUT2D eigenvalue weighted by Gasteiger charge is 2.34. The van der Waals surface area contributed by atoms with E-state index in [9.17, 15) is 35.7 Å². The van der Waals surface area contributed by atoms with Crippen LogP contribution in [0.3, 0.4) is 0 Å². The van der Waals surface area contributed by atoms with Gasteiger partial charge < -0.3 is 35.7 Å². The molecule has 7 rings (SSSR count). The van der Waals surface area contributed by atoms with Crippen LogP contribution in [0.4, 0.5) is 0 Å². The van der Waals surface area contributed by atoms with Crippen LogP contribution >= 0.6 is 0 Å².